The summed E-state index contributed by atoms with van der Waals surface area (Å²) >= 11 is 0. The number of hydrogen-bond donors (Lipinski definition) is 1. The van der Waals surface area contributed by atoms with Gasteiger partial charge in [-0.05, 0) is 122 Å². The molecule has 1 nitrogen and oxygen atoms in total. The minimum Gasteiger partial charge on any atom is -0.308 e. The molecule has 0 fully saturated rings. The van der Waals surface area contributed by atoms with Gasteiger partial charge in [0.2, 0.25) is 0 Å². The monoisotopic (exact) mass is 709 g/mol. The minimum absolute atomic E-state index is 0.147. The van der Waals surface area contributed by atoms with Crippen molar-refractivity contribution in [1.82, 2.24) is 0 Å². The first kappa shape index (κ1) is 34.7. The van der Waals surface area contributed by atoms with Crippen LogP contribution in [0, 0.1) is 5.41 Å². The van der Waals surface area contributed by atoms with E-state index in [1.807, 2.05) is 6.08 Å². The molecule has 1 N–H and O–H groups in total. The minimum atomic E-state index is -0.478. The van der Waals surface area contributed by atoms with Gasteiger partial charge in [-0.25, -0.2) is 0 Å². The Bertz CT molecular complexity index is 2520. The van der Waals surface area contributed by atoms with E-state index in [-0.39, 0.29) is 5.41 Å². The van der Waals surface area contributed by atoms with E-state index < -0.39 is 5.41 Å². The van der Waals surface area contributed by atoms with Crippen LogP contribution in [-0.2, 0) is 10.8 Å². The molecule has 0 amide bonds. The predicted octanol–water partition coefficient (Wildman–Crippen LogP) is 13.7. The van der Waals surface area contributed by atoms with Crippen LogP contribution in [0.1, 0.15) is 102 Å². The molecule has 55 heavy (non-hydrogen) atoms. The molecule has 0 aromatic heterocycles. The summed E-state index contributed by atoms with van der Waals surface area (Å²) in [7, 11) is 0. The lowest BCUT2D eigenvalue weighted by Crippen LogP contribution is -2.40. The van der Waals surface area contributed by atoms with Crippen molar-refractivity contribution in [2.45, 2.75) is 56.8 Å². The SMILES string of the molecule is C=C/C=C(\C=C/CC1=CC=C(c2cccc(C3=CCCC=C3)c2)CC1)c1ccc2c(c1)-c1c(C=N)cccc1C21c2ccccc2C(C)(C)c2ccccc21. The Hall–Kier alpha value is -6.05. The van der Waals surface area contributed by atoms with Gasteiger partial charge < -0.3 is 5.41 Å². The van der Waals surface area contributed by atoms with Crippen molar-refractivity contribution in [2.24, 2.45) is 0 Å². The third kappa shape index (κ3) is 5.64. The van der Waals surface area contributed by atoms with Crippen molar-refractivity contribution < 1.29 is 0 Å². The van der Waals surface area contributed by atoms with Gasteiger partial charge in [-0.1, -0.05) is 178 Å². The molecule has 0 saturated carbocycles. The van der Waals surface area contributed by atoms with Crippen molar-refractivity contribution in [3.8, 4) is 11.1 Å². The summed E-state index contributed by atoms with van der Waals surface area (Å²) < 4.78 is 0. The van der Waals surface area contributed by atoms with Crippen LogP contribution in [-0.4, -0.2) is 6.21 Å². The fourth-order valence-corrected chi connectivity index (χ4v) is 9.82. The van der Waals surface area contributed by atoms with Crippen LogP contribution in [0.2, 0.25) is 0 Å². The average Bonchev–Trinajstić information content (AvgIpc) is 3.54. The fourth-order valence-electron chi connectivity index (χ4n) is 9.82. The Kier molecular flexibility index (Phi) is 8.82. The number of benzene rings is 5. The maximum absolute atomic E-state index is 8.54. The van der Waals surface area contributed by atoms with Gasteiger partial charge in [0.15, 0.2) is 0 Å². The topological polar surface area (TPSA) is 23.9 Å². The van der Waals surface area contributed by atoms with Crippen molar-refractivity contribution in [1.29, 1.82) is 5.41 Å². The number of rotatable bonds is 8. The van der Waals surface area contributed by atoms with Gasteiger partial charge in [0.05, 0.1) is 5.41 Å². The van der Waals surface area contributed by atoms with E-state index in [1.54, 1.807) is 0 Å². The molecule has 5 aromatic carbocycles. The van der Waals surface area contributed by atoms with Crippen molar-refractivity contribution in [2.75, 3.05) is 0 Å². The van der Waals surface area contributed by atoms with Crippen molar-refractivity contribution >= 4 is 22.9 Å². The molecule has 0 heterocycles. The zero-order valence-electron chi connectivity index (χ0n) is 31.9. The van der Waals surface area contributed by atoms with E-state index in [0.29, 0.717) is 0 Å². The van der Waals surface area contributed by atoms with Crippen LogP contribution in [0.5, 0.6) is 0 Å². The third-order valence-corrected chi connectivity index (χ3v) is 12.5. The van der Waals surface area contributed by atoms with E-state index in [9.17, 15) is 0 Å². The standard InChI is InChI=1S/C54H47N/c1-4-15-38(19-12-16-37-28-30-40(31-29-37)42-21-13-20-41(34-42)39-17-6-5-7-18-39)43-32-33-46-45(35-43)52-44(36-55)22-14-27-51(52)54(46)49-25-10-8-23-47(49)53(2,3)48-24-9-11-26-50(48)54/h4,6,8-15,17-28,30,32-36,55H,1,5,7,16,29,31H2,2-3H3/b19-12-,38-15+,55-36?. The molecule has 1 heteroatoms. The summed E-state index contributed by atoms with van der Waals surface area (Å²) in [5.41, 5.74) is 19.7. The molecular formula is C54H47N. The van der Waals surface area contributed by atoms with Gasteiger partial charge in [-0.2, -0.15) is 0 Å². The second-order valence-electron chi connectivity index (χ2n) is 15.8. The van der Waals surface area contributed by atoms with Gasteiger partial charge in [0.25, 0.3) is 0 Å². The molecule has 4 aliphatic rings. The maximum Gasteiger partial charge on any atom is 0.0719 e. The molecule has 5 aromatic rings. The molecule has 0 radical (unpaired) electrons. The van der Waals surface area contributed by atoms with Crippen molar-refractivity contribution in [3.05, 3.63) is 232 Å². The van der Waals surface area contributed by atoms with Crippen molar-refractivity contribution in [3.63, 3.8) is 0 Å². The average molecular weight is 710 g/mol. The van der Waals surface area contributed by atoms with Crippen LogP contribution >= 0.6 is 0 Å². The molecule has 1 spiro atoms. The quantitative estimate of drug-likeness (QED) is 0.120. The van der Waals surface area contributed by atoms with E-state index in [0.717, 1.165) is 54.4 Å². The van der Waals surface area contributed by atoms with Gasteiger partial charge in [0.1, 0.15) is 0 Å². The zero-order valence-corrected chi connectivity index (χ0v) is 31.9. The predicted molar refractivity (Wildman–Crippen MR) is 234 cm³/mol. The Morgan fingerprint density at radius 3 is 2.15 bits per heavy atom. The summed E-state index contributed by atoms with van der Waals surface area (Å²) in [6.45, 7) is 8.81. The van der Waals surface area contributed by atoms with Crippen LogP contribution in [0.3, 0.4) is 0 Å². The highest BCUT2D eigenvalue weighted by Gasteiger charge is 2.53. The first-order valence-electron chi connectivity index (χ1n) is 19.8. The Morgan fingerprint density at radius 1 is 0.727 bits per heavy atom. The molecule has 0 saturated heterocycles. The first-order valence-corrected chi connectivity index (χ1v) is 19.8. The summed E-state index contributed by atoms with van der Waals surface area (Å²) in [5, 5.41) is 8.54. The molecule has 4 aliphatic carbocycles. The second kappa shape index (κ2) is 14.0. The summed E-state index contributed by atoms with van der Waals surface area (Å²) in [6, 6.07) is 40.6. The maximum atomic E-state index is 8.54. The van der Waals surface area contributed by atoms with E-state index >= 15 is 0 Å². The summed E-state index contributed by atoms with van der Waals surface area (Å²) in [6.07, 6.45) is 27.0. The van der Waals surface area contributed by atoms with Gasteiger partial charge >= 0.3 is 0 Å². The summed E-state index contributed by atoms with van der Waals surface area (Å²) in [4.78, 5) is 0. The van der Waals surface area contributed by atoms with Crippen LogP contribution in [0.4, 0.5) is 0 Å². The highest BCUT2D eigenvalue weighted by Crippen LogP contribution is 2.62. The van der Waals surface area contributed by atoms with Gasteiger partial charge in [-0.15, -0.1) is 0 Å². The van der Waals surface area contributed by atoms with Crippen LogP contribution in [0.15, 0.2) is 176 Å². The second-order valence-corrected chi connectivity index (χ2v) is 15.8. The number of allylic oxidation sites excluding steroid dienone is 13. The van der Waals surface area contributed by atoms with Gasteiger partial charge in [0, 0.05) is 17.2 Å². The van der Waals surface area contributed by atoms with Crippen LogP contribution in [0.25, 0.3) is 27.8 Å². The largest absolute Gasteiger partial charge is 0.308 e. The molecule has 0 bridgehead atoms. The summed E-state index contributed by atoms with van der Waals surface area (Å²) in [5.74, 6) is 0. The van der Waals surface area contributed by atoms with E-state index in [4.69, 9.17) is 5.41 Å². The first-order chi connectivity index (χ1) is 26.9. The fraction of sp³-hybridized carbons (Fsp3) is 0.167. The number of fused-ring (bicyclic) bond motifs is 9. The molecule has 9 rings (SSSR count). The lowest BCUT2D eigenvalue weighted by molar-refractivity contribution is 0.563. The Balaban J connectivity index is 1.07. The van der Waals surface area contributed by atoms with E-state index in [2.05, 4.69) is 178 Å². The van der Waals surface area contributed by atoms with Crippen LogP contribution < -0.4 is 0 Å². The molecule has 268 valence electrons. The third-order valence-electron chi connectivity index (χ3n) is 12.5. The smallest absolute Gasteiger partial charge is 0.0719 e. The molecular weight excluding hydrogens is 663 g/mol. The Morgan fingerprint density at radius 2 is 1.45 bits per heavy atom. The lowest BCUT2D eigenvalue weighted by atomic mass is 9.55. The zero-order chi connectivity index (χ0) is 37.6. The number of hydrogen-bond acceptors (Lipinski definition) is 1. The Labute approximate surface area is 326 Å². The molecule has 0 unspecified atom stereocenters. The van der Waals surface area contributed by atoms with Gasteiger partial charge in [-0.3, -0.25) is 0 Å². The molecule has 0 aliphatic heterocycles. The number of nitrogens with one attached hydrogen (secondary N) is 1. The highest BCUT2D eigenvalue weighted by atomic mass is 14.5. The highest BCUT2D eigenvalue weighted by molar-refractivity contribution is 5.99. The van der Waals surface area contributed by atoms with E-state index in [1.165, 1.54) is 73.0 Å². The molecule has 0 atom stereocenters. The lowest BCUT2D eigenvalue weighted by Gasteiger charge is -2.46. The normalized spacial score (nSPS) is 17.4.